The average Bonchev–Trinajstić information content (AvgIpc) is 2.88. The Balaban J connectivity index is 2.38. The molecular formula is C12H22N4O2S. The molecule has 1 heterocycles. The van der Waals surface area contributed by atoms with E-state index in [1.54, 1.807) is 11.8 Å². The molecule has 0 aromatic carbocycles. The van der Waals surface area contributed by atoms with Crippen molar-refractivity contribution in [1.82, 2.24) is 20.5 Å². The third kappa shape index (κ3) is 5.20. The number of likely N-dealkylation sites (N-methyl/N-ethyl adjacent to an activating group) is 1. The van der Waals surface area contributed by atoms with Crippen LogP contribution in [0.4, 0.5) is 0 Å². The predicted molar refractivity (Wildman–Crippen MR) is 75.1 cm³/mol. The Morgan fingerprint density at radius 3 is 2.95 bits per heavy atom. The number of ether oxygens (including phenoxy) is 1. The largest absolute Gasteiger partial charge is 0.465 e. The molecule has 0 fully saturated rings. The highest BCUT2D eigenvalue weighted by Crippen LogP contribution is 2.19. The number of nitrogens with one attached hydrogen (secondary N) is 2. The standard InChI is InChI=1S/C12H22N4O2S/c1-4-14-12(3,10(17)18-5-2)7-6-8-19-11-13-9-15-16-11/h9,14H,4-8H2,1-3H3,(H,13,15,16). The van der Waals surface area contributed by atoms with Gasteiger partial charge in [-0.15, -0.1) is 0 Å². The number of carbonyl (C=O) groups is 1. The Hall–Kier alpha value is -1.08. The summed E-state index contributed by atoms with van der Waals surface area (Å²) in [7, 11) is 0. The van der Waals surface area contributed by atoms with Crippen LogP contribution in [-0.2, 0) is 9.53 Å². The third-order valence-electron chi connectivity index (χ3n) is 2.75. The van der Waals surface area contributed by atoms with Crippen LogP contribution in [0.25, 0.3) is 0 Å². The monoisotopic (exact) mass is 286 g/mol. The van der Waals surface area contributed by atoms with Crippen LogP contribution in [0.5, 0.6) is 0 Å². The van der Waals surface area contributed by atoms with Gasteiger partial charge in [0.1, 0.15) is 11.9 Å². The lowest BCUT2D eigenvalue weighted by Gasteiger charge is -2.28. The molecule has 6 nitrogen and oxygen atoms in total. The topological polar surface area (TPSA) is 79.9 Å². The maximum absolute atomic E-state index is 12.0. The van der Waals surface area contributed by atoms with Gasteiger partial charge in [0.05, 0.1) is 6.61 Å². The molecule has 0 aliphatic carbocycles. The first kappa shape index (κ1) is 16.0. The van der Waals surface area contributed by atoms with E-state index in [9.17, 15) is 4.79 Å². The smallest absolute Gasteiger partial charge is 0.326 e. The van der Waals surface area contributed by atoms with Crippen molar-refractivity contribution in [3.8, 4) is 0 Å². The number of rotatable bonds is 9. The van der Waals surface area contributed by atoms with Gasteiger partial charge in [0.15, 0.2) is 5.16 Å². The first-order chi connectivity index (χ1) is 9.12. The van der Waals surface area contributed by atoms with E-state index in [1.807, 2.05) is 20.8 Å². The van der Waals surface area contributed by atoms with Crippen LogP contribution < -0.4 is 5.32 Å². The predicted octanol–water partition coefficient (Wildman–Crippen LogP) is 1.61. The van der Waals surface area contributed by atoms with Crippen molar-refractivity contribution in [2.75, 3.05) is 18.9 Å². The van der Waals surface area contributed by atoms with E-state index >= 15 is 0 Å². The highest BCUT2D eigenvalue weighted by molar-refractivity contribution is 7.99. The van der Waals surface area contributed by atoms with Gasteiger partial charge in [-0.3, -0.25) is 9.89 Å². The molecule has 0 saturated heterocycles. The van der Waals surface area contributed by atoms with Crippen molar-refractivity contribution in [2.24, 2.45) is 0 Å². The SMILES string of the molecule is CCNC(C)(CCCSc1ncn[nH]1)C(=O)OCC. The van der Waals surface area contributed by atoms with Crippen molar-refractivity contribution in [3.05, 3.63) is 6.33 Å². The number of hydrogen-bond acceptors (Lipinski definition) is 6. The first-order valence-electron chi connectivity index (χ1n) is 6.52. The molecule has 1 rings (SSSR count). The van der Waals surface area contributed by atoms with E-state index < -0.39 is 5.54 Å². The number of aromatic nitrogens is 3. The van der Waals surface area contributed by atoms with Crippen LogP contribution in [0, 0.1) is 0 Å². The number of esters is 1. The second-order valence-electron chi connectivity index (χ2n) is 4.33. The molecule has 19 heavy (non-hydrogen) atoms. The van der Waals surface area contributed by atoms with Crippen LogP contribution in [0.3, 0.4) is 0 Å². The number of aromatic amines is 1. The second-order valence-corrected chi connectivity index (χ2v) is 5.41. The summed E-state index contributed by atoms with van der Waals surface area (Å²) in [6, 6.07) is 0. The number of thioether (sulfide) groups is 1. The summed E-state index contributed by atoms with van der Waals surface area (Å²) in [4.78, 5) is 16.0. The Bertz CT molecular complexity index is 372. The zero-order valence-corrected chi connectivity index (χ0v) is 12.5. The lowest BCUT2D eigenvalue weighted by molar-refractivity contribution is -0.150. The molecule has 1 aromatic rings. The number of hydrogen-bond donors (Lipinski definition) is 2. The van der Waals surface area contributed by atoms with Gasteiger partial charge in [-0.1, -0.05) is 18.7 Å². The summed E-state index contributed by atoms with van der Waals surface area (Å²) in [5, 5.41) is 10.6. The molecule has 0 amide bonds. The van der Waals surface area contributed by atoms with Gasteiger partial charge in [-0.05, 0) is 33.2 Å². The minimum atomic E-state index is -0.604. The molecule has 0 bridgehead atoms. The fourth-order valence-corrected chi connectivity index (χ4v) is 2.52. The van der Waals surface area contributed by atoms with E-state index in [-0.39, 0.29) is 5.97 Å². The van der Waals surface area contributed by atoms with Gasteiger partial charge < -0.3 is 10.1 Å². The van der Waals surface area contributed by atoms with Gasteiger partial charge in [-0.25, -0.2) is 4.98 Å². The Morgan fingerprint density at radius 1 is 1.58 bits per heavy atom. The Kier molecular flexibility index (Phi) is 6.86. The summed E-state index contributed by atoms with van der Waals surface area (Å²) < 4.78 is 5.13. The summed E-state index contributed by atoms with van der Waals surface area (Å²) in [6.45, 7) is 6.86. The zero-order valence-electron chi connectivity index (χ0n) is 11.7. The zero-order chi connectivity index (χ0) is 14.1. The summed E-state index contributed by atoms with van der Waals surface area (Å²) in [5.41, 5.74) is -0.604. The third-order valence-corrected chi connectivity index (χ3v) is 3.71. The van der Waals surface area contributed by atoms with E-state index in [0.29, 0.717) is 6.61 Å². The molecule has 0 aliphatic heterocycles. The summed E-state index contributed by atoms with van der Waals surface area (Å²) >= 11 is 1.60. The number of nitrogens with zero attached hydrogens (tertiary/aromatic N) is 2. The van der Waals surface area contributed by atoms with Crippen LogP contribution in [-0.4, -0.2) is 45.6 Å². The molecule has 2 N–H and O–H groups in total. The molecule has 0 aliphatic rings. The van der Waals surface area contributed by atoms with E-state index in [2.05, 4.69) is 20.5 Å². The molecule has 108 valence electrons. The van der Waals surface area contributed by atoms with Crippen molar-refractivity contribution >= 4 is 17.7 Å². The maximum atomic E-state index is 12.0. The van der Waals surface area contributed by atoms with Gasteiger partial charge in [0.25, 0.3) is 0 Å². The molecular weight excluding hydrogens is 264 g/mol. The highest BCUT2D eigenvalue weighted by Gasteiger charge is 2.32. The molecule has 0 radical (unpaired) electrons. The second kappa shape index (κ2) is 8.16. The normalized spacial score (nSPS) is 14.1. The van der Waals surface area contributed by atoms with Crippen LogP contribution in [0.15, 0.2) is 11.5 Å². The van der Waals surface area contributed by atoms with Crippen LogP contribution in [0.1, 0.15) is 33.6 Å². The molecule has 1 aromatic heterocycles. The van der Waals surface area contributed by atoms with E-state index in [4.69, 9.17) is 4.74 Å². The minimum Gasteiger partial charge on any atom is -0.465 e. The van der Waals surface area contributed by atoms with Crippen molar-refractivity contribution in [2.45, 2.75) is 44.3 Å². The molecule has 0 spiro atoms. The van der Waals surface area contributed by atoms with Crippen LogP contribution >= 0.6 is 11.8 Å². The van der Waals surface area contributed by atoms with Crippen molar-refractivity contribution in [1.29, 1.82) is 0 Å². The average molecular weight is 286 g/mol. The quantitative estimate of drug-likeness (QED) is 0.408. The van der Waals surface area contributed by atoms with Gasteiger partial charge in [0.2, 0.25) is 0 Å². The Labute approximate surface area is 118 Å². The molecule has 1 atom stereocenters. The van der Waals surface area contributed by atoms with Crippen molar-refractivity contribution in [3.63, 3.8) is 0 Å². The van der Waals surface area contributed by atoms with Gasteiger partial charge in [0, 0.05) is 5.75 Å². The summed E-state index contributed by atoms with van der Waals surface area (Å²) in [5.74, 6) is 0.705. The number of H-pyrrole nitrogens is 1. The van der Waals surface area contributed by atoms with E-state index in [1.165, 1.54) is 6.33 Å². The minimum absolute atomic E-state index is 0.179. The first-order valence-corrected chi connectivity index (χ1v) is 7.51. The Morgan fingerprint density at radius 2 is 2.37 bits per heavy atom. The summed E-state index contributed by atoms with van der Waals surface area (Å²) in [6.07, 6.45) is 3.12. The van der Waals surface area contributed by atoms with Gasteiger partial charge >= 0.3 is 5.97 Å². The maximum Gasteiger partial charge on any atom is 0.326 e. The fraction of sp³-hybridized carbons (Fsp3) is 0.750. The molecule has 1 unspecified atom stereocenters. The fourth-order valence-electron chi connectivity index (χ4n) is 1.80. The van der Waals surface area contributed by atoms with Crippen LogP contribution in [0.2, 0.25) is 0 Å². The van der Waals surface area contributed by atoms with Gasteiger partial charge in [-0.2, -0.15) is 5.10 Å². The molecule has 7 heteroatoms. The highest BCUT2D eigenvalue weighted by atomic mass is 32.2. The van der Waals surface area contributed by atoms with E-state index in [0.717, 1.165) is 30.3 Å². The van der Waals surface area contributed by atoms with Crippen molar-refractivity contribution < 1.29 is 9.53 Å². The lowest BCUT2D eigenvalue weighted by Crippen LogP contribution is -2.50. The lowest BCUT2D eigenvalue weighted by atomic mass is 9.96. The molecule has 0 saturated carbocycles. The number of carbonyl (C=O) groups excluding carboxylic acids is 1.